The zero-order valence-electron chi connectivity index (χ0n) is 35.7. The molecular formula is C44H54O17. The number of carbonyl (C=O) groups is 7. The van der Waals surface area contributed by atoms with Gasteiger partial charge in [0.25, 0.3) is 0 Å². The fourth-order valence-electron chi connectivity index (χ4n) is 9.52. The van der Waals surface area contributed by atoms with Crippen LogP contribution in [0.4, 0.5) is 0 Å². The van der Waals surface area contributed by atoms with Crippen LogP contribution in [0.15, 0.2) is 23.5 Å². The number of fused-ring (bicyclic) bond motifs is 3. The number of esters is 1. The molecule has 1 saturated carbocycles. The molecule has 5 aliphatic rings. The molecule has 17 heteroatoms. The summed E-state index contributed by atoms with van der Waals surface area (Å²) in [4.78, 5) is 94.6. The first-order valence-corrected chi connectivity index (χ1v) is 20.5. The van der Waals surface area contributed by atoms with Gasteiger partial charge in [0.2, 0.25) is 17.2 Å². The van der Waals surface area contributed by atoms with Crippen LogP contribution in [-0.2, 0) is 54.0 Å². The van der Waals surface area contributed by atoms with Gasteiger partial charge in [-0.1, -0.05) is 26.3 Å². The van der Waals surface area contributed by atoms with Gasteiger partial charge >= 0.3 is 5.97 Å². The third-order valence-corrected chi connectivity index (χ3v) is 12.7. The van der Waals surface area contributed by atoms with Crippen LogP contribution in [0.1, 0.15) is 123 Å². The van der Waals surface area contributed by atoms with E-state index in [-0.39, 0.29) is 47.6 Å². The van der Waals surface area contributed by atoms with Crippen molar-refractivity contribution in [1.29, 1.82) is 0 Å². The van der Waals surface area contributed by atoms with E-state index in [1.165, 1.54) is 13.8 Å². The number of rotatable bonds is 11. The van der Waals surface area contributed by atoms with E-state index in [9.17, 15) is 54.0 Å². The molecule has 3 fully saturated rings. The Morgan fingerprint density at radius 2 is 1.62 bits per heavy atom. The Kier molecular flexibility index (Phi) is 12.6. The lowest BCUT2D eigenvalue weighted by atomic mass is 9.55. The van der Waals surface area contributed by atoms with Crippen LogP contribution in [0.5, 0.6) is 5.75 Å². The molecule has 0 amide bonds. The fourth-order valence-corrected chi connectivity index (χ4v) is 9.52. The second-order valence-electron chi connectivity index (χ2n) is 17.2. The van der Waals surface area contributed by atoms with Gasteiger partial charge < -0.3 is 48.8 Å². The van der Waals surface area contributed by atoms with Crippen LogP contribution < -0.4 is 0 Å². The molecule has 1 aromatic rings. The second kappa shape index (κ2) is 16.7. The van der Waals surface area contributed by atoms with Crippen molar-refractivity contribution < 1.29 is 82.4 Å². The van der Waals surface area contributed by atoms with Crippen LogP contribution in [0, 0.1) is 18.8 Å². The van der Waals surface area contributed by atoms with Crippen LogP contribution >= 0.6 is 0 Å². The minimum absolute atomic E-state index is 0.0203. The molecule has 0 bridgehead atoms. The predicted molar refractivity (Wildman–Crippen MR) is 209 cm³/mol. The average Bonchev–Trinajstić information content (AvgIpc) is 3.17. The van der Waals surface area contributed by atoms with Crippen LogP contribution in [-0.4, -0.2) is 128 Å². The zero-order valence-corrected chi connectivity index (χ0v) is 35.7. The highest BCUT2D eigenvalue weighted by atomic mass is 16.7. The largest absolute Gasteiger partial charge is 0.506 e. The van der Waals surface area contributed by atoms with Crippen molar-refractivity contribution in [2.75, 3.05) is 7.11 Å². The minimum Gasteiger partial charge on any atom is -0.506 e. The first-order chi connectivity index (χ1) is 28.4. The molecule has 0 radical (unpaired) electrons. The van der Waals surface area contributed by atoms with E-state index in [1.807, 2.05) is 13.0 Å². The predicted octanol–water partition coefficient (Wildman–Crippen LogP) is 2.64. The molecule has 0 aromatic heterocycles. The molecular weight excluding hydrogens is 800 g/mol. The molecule has 0 spiro atoms. The SMILES string of the molecule is CCCC(C)C=C(C)C(=O)OC1C(C)OC(OC2CCC(OC3C(=O)C(C(C)=O)C(=O)C4(O)C(=O)c5c(O)c6c(c(C)c5CC34O)C(=O)C(OC)=CC6=O)OC2C)CC1(C)O. The standard InChI is InChI=1S/C44H54O17/c1-10-11-18(2)14-19(3)41(52)61-39-23(7)58-29(17-42(39,8)53)59-26-12-13-28(57-22(26)6)60-40-36(49)31(21(5)45)37(50)44(55)38(51)32-24(16-43(40,44)54)20(4)30-33(35(32)48)25(46)15-27(56-9)34(30)47/h14-15,18,22-23,26,28-29,31,39-40,48,53-55H,10-13,16-17H2,1-9H3. The maximum Gasteiger partial charge on any atom is 0.333 e. The Morgan fingerprint density at radius 1 is 0.967 bits per heavy atom. The number of allylic oxidation sites excluding steroid dienone is 3. The van der Waals surface area contributed by atoms with Crippen LogP contribution in [0.3, 0.4) is 0 Å². The van der Waals surface area contributed by atoms with E-state index in [4.69, 9.17) is 28.4 Å². The first kappa shape index (κ1) is 46.0. The number of methoxy groups -OCH3 is 1. The number of hydrogen-bond acceptors (Lipinski definition) is 17. The highest BCUT2D eigenvalue weighted by Gasteiger charge is 2.74. The maximum atomic E-state index is 14.4. The molecule has 2 heterocycles. The Labute approximate surface area is 352 Å². The van der Waals surface area contributed by atoms with Crippen molar-refractivity contribution in [2.45, 2.75) is 154 Å². The number of benzene rings is 1. The Hall–Kier alpha value is -4.49. The molecule has 2 aliphatic heterocycles. The molecule has 12 atom stereocenters. The molecule has 6 rings (SSSR count). The molecule has 12 unspecified atom stereocenters. The van der Waals surface area contributed by atoms with Crippen LogP contribution in [0.25, 0.3) is 0 Å². The van der Waals surface area contributed by atoms with Gasteiger partial charge in [-0.05, 0) is 71.4 Å². The number of hydrogen-bond donors (Lipinski definition) is 4. The molecule has 3 aliphatic carbocycles. The van der Waals surface area contributed by atoms with Crippen molar-refractivity contribution in [3.8, 4) is 5.75 Å². The number of Topliss-reactive ketones (excluding diaryl/α,β-unsaturated/α-hetero) is 5. The number of ketones is 6. The van der Waals surface area contributed by atoms with Crippen molar-refractivity contribution in [1.82, 2.24) is 0 Å². The summed E-state index contributed by atoms with van der Waals surface area (Å²) in [5.41, 5.74) is -9.79. The van der Waals surface area contributed by atoms with Gasteiger partial charge in [0.15, 0.2) is 47.9 Å². The van der Waals surface area contributed by atoms with Gasteiger partial charge in [-0.2, -0.15) is 0 Å². The van der Waals surface area contributed by atoms with Crippen molar-refractivity contribution in [2.24, 2.45) is 11.8 Å². The van der Waals surface area contributed by atoms with E-state index in [1.54, 1.807) is 20.8 Å². The van der Waals surface area contributed by atoms with Gasteiger partial charge in [0, 0.05) is 36.5 Å². The first-order valence-electron chi connectivity index (χ1n) is 20.5. The second-order valence-corrected chi connectivity index (χ2v) is 17.2. The Morgan fingerprint density at radius 3 is 2.21 bits per heavy atom. The minimum atomic E-state index is -3.55. The summed E-state index contributed by atoms with van der Waals surface area (Å²) >= 11 is 0. The summed E-state index contributed by atoms with van der Waals surface area (Å²) in [6.07, 6.45) is -4.16. The van der Waals surface area contributed by atoms with Gasteiger partial charge in [0.05, 0.1) is 36.5 Å². The Bertz CT molecular complexity index is 2130. The van der Waals surface area contributed by atoms with Crippen LogP contribution in [0.2, 0.25) is 0 Å². The summed E-state index contributed by atoms with van der Waals surface area (Å²) in [5, 5.41) is 47.4. The number of aromatic hydroxyl groups is 1. The summed E-state index contributed by atoms with van der Waals surface area (Å²) in [5.74, 6) is -11.4. The van der Waals surface area contributed by atoms with Crippen molar-refractivity contribution in [3.05, 3.63) is 51.3 Å². The lowest BCUT2D eigenvalue weighted by Crippen LogP contribution is -2.79. The van der Waals surface area contributed by atoms with E-state index in [0.29, 0.717) is 5.57 Å². The normalized spacial score (nSPS) is 35.8. The van der Waals surface area contributed by atoms with E-state index in [0.717, 1.165) is 33.0 Å². The van der Waals surface area contributed by atoms with E-state index in [2.05, 4.69) is 6.92 Å². The lowest BCUT2D eigenvalue weighted by molar-refractivity contribution is -0.316. The molecule has 2 saturated heterocycles. The number of carbonyl (C=O) groups excluding carboxylic acids is 7. The van der Waals surface area contributed by atoms with E-state index < -0.39 is 130 Å². The number of phenols is 1. The van der Waals surface area contributed by atoms with Crippen molar-refractivity contribution >= 4 is 40.7 Å². The number of ether oxygens (including phenoxy) is 6. The topological polar surface area (TPSA) is 256 Å². The van der Waals surface area contributed by atoms with Gasteiger partial charge in [0.1, 0.15) is 28.7 Å². The monoisotopic (exact) mass is 854 g/mol. The molecule has 4 N–H and O–H groups in total. The molecule has 1 aromatic carbocycles. The number of aliphatic hydroxyl groups is 3. The lowest BCUT2D eigenvalue weighted by Gasteiger charge is -2.53. The Balaban J connectivity index is 1.22. The molecule has 17 nitrogen and oxygen atoms in total. The highest BCUT2D eigenvalue weighted by Crippen LogP contribution is 2.51. The summed E-state index contributed by atoms with van der Waals surface area (Å²) in [6.45, 7) is 12.7. The molecule has 61 heavy (non-hydrogen) atoms. The van der Waals surface area contributed by atoms with Gasteiger partial charge in [-0.25, -0.2) is 4.79 Å². The summed E-state index contributed by atoms with van der Waals surface area (Å²) in [6, 6.07) is 0. The average molecular weight is 855 g/mol. The highest BCUT2D eigenvalue weighted by molar-refractivity contribution is 6.35. The summed E-state index contributed by atoms with van der Waals surface area (Å²) in [7, 11) is 1.15. The van der Waals surface area contributed by atoms with E-state index >= 15 is 0 Å². The van der Waals surface area contributed by atoms with Crippen molar-refractivity contribution in [3.63, 3.8) is 0 Å². The zero-order chi connectivity index (χ0) is 45.3. The fraction of sp³-hybridized carbons (Fsp3) is 0.614. The third-order valence-electron chi connectivity index (χ3n) is 12.7. The smallest absolute Gasteiger partial charge is 0.333 e. The molecule has 332 valence electrons. The van der Waals surface area contributed by atoms with Gasteiger partial charge in [-0.15, -0.1) is 0 Å². The maximum absolute atomic E-state index is 14.4. The quantitative estimate of drug-likeness (QED) is 0.142. The summed E-state index contributed by atoms with van der Waals surface area (Å²) < 4.78 is 35.2. The third kappa shape index (κ3) is 7.61. The van der Waals surface area contributed by atoms with Gasteiger partial charge in [-0.3, -0.25) is 28.8 Å². The number of phenolic OH excluding ortho intramolecular Hbond substituents is 1.